The Labute approximate surface area is 115 Å². The van der Waals surface area contributed by atoms with Crippen molar-refractivity contribution in [3.8, 4) is 5.75 Å². The Hall–Kier alpha value is -1.55. The summed E-state index contributed by atoms with van der Waals surface area (Å²) in [5, 5.41) is 3.12. The van der Waals surface area contributed by atoms with E-state index in [1.54, 1.807) is 0 Å². The highest BCUT2D eigenvalue weighted by Crippen LogP contribution is 2.12. The van der Waals surface area contributed by atoms with Gasteiger partial charge in [0.15, 0.2) is 0 Å². The van der Waals surface area contributed by atoms with Crippen LogP contribution in [0, 0.1) is 0 Å². The molecule has 0 aliphatic rings. The molecule has 1 atom stereocenters. The first-order valence-electron chi connectivity index (χ1n) is 6.91. The maximum absolute atomic E-state index is 11.2. The SMILES string of the molecule is CCCNC(CCOc1ccc(CC)cc1)C(N)=O. The van der Waals surface area contributed by atoms with E-state index in [4.69, 9.17) is 10.5 Å². The molecule has 0 spiro atoms. The standard InChI is InChI=1S/C15H24N2O2/c1-3-10-17-14(15(16)18)9-11-19-13-7-5-12(4-2)6-8-13/h5-8,14,17H,3-4,9-11H2,1-2H3,(H2,16,18). The van der Waals surface area contributed by atoms with Crippen molar-refractivity contribution in [2.45, 2.75) is 39.2 Å². The Balaban J connectivity index is 2.36. The number of primary amides is 1. The van der Waals surface area contributed by atoms with Crippen molar-refractivity contribution in [2.24, 2.45) is 5.73 Å². The summed E-state index contributed by atoms with van der Waals surface area (Å²) in [7, 11) is 0. The second-order valence-electron chi connectivity index (χ2n) is 4.54. The number of carbonyl (C=O) groups is 1. The average Bonchev–Trinajstić information content (AvgIpc) is 2.43. The van der Waals surface area contributed by atoms with E-state index in [2.05, 4.69) is 31.3 Å². The summed E-state index contributed by atoms with van der Waals surface area (Å²) in [6.07, 6.45) is 2.58. The molecule has 0 radical (unpaired) electrons. The van der Waals surface area contributed by atoms with Crippen molar-refractivity contribution in [1.29, 1.82) is 0 Å². The fourth-order valence-corrected chi connectivity index (χ4v) is 1.78. The van der Waals surface area contributed by atoms with E-state index >= 15 is 0 Å². The predicted octanol–water partition coefficient (Wildman–Crippen LogP) is 1.87. The van der Waals surface area contributed by atoms with E-state index in [-0.39, 0.29) is 11.9 Å². The van der Waals surface area contributed by atoms with Crippen LogP contribution in [0.4, 0.5) is 0 Å². The van der Waals surface area contributed by atoms with Gasteiger partial charge in [-0.1, -0.05) is 26.0 Å². The van der Waals surface area contributed by atoms with Crippen LogP contribution >= 0.6 is 0 Å². The Bertz CT molecular complexity index is 376. The Morgan fingerprint density at radius 2 is 2.00 bits per heavy atom. The third kappa shape index (κ3) is 5.75. The molecular formula is C15H24N2O2. The van der Waals surface area contributed by atoms with E-state index < -0.39 is 0 Å². The lowest BCUT2D eigenvalue weighted by atomic mass is 10.2. The van der Waals surface area contributed by atoms with Crippen LogP contribution in [0.5, 0.6) is 5.75 Å². The van der Waals surface area contributed by atoms with Crippen molar-refractivity contribution in [1.82, 2.24) is 5.32 Å². The lowest BCUT2D eigenvalue weighted by Gasteiger charge is -2.15. The maximum Gasteiger partial charge on any atom is 0.234 e. The zero-order chi connectivity index (χ0) is 14.1. The van der Waals surface area contributed by atoms with Gasteiger partial charge in [-0.05, 0) is 37.1 Å². The number of rotatable bonds is 9. The summed E-state index contributed by atoms with van der Waals surface area (Å²) in [5.41, 5.74) is 6.62. The van der Waals surface area contributed by atoms with Crippen LogP contribution in [0.2, 0.25) is 0 Å². The number of ether oxygens (including phenoxy) is 1. The Kier molecular flexibility index (Phi) is 6.97. The molecule has 0 heterocycles. The van der Waals surface area contributed by atoms with Crippen molar-refractivity contribution in [3.63, 3.8) is 0 Å². The quantitative estimate of drug-likeness (QED) is 0.715. The molecule has 0 saturated carbocycles. The third-order valence-electron chi connectivity index (χ3n) is 2.99. The van der Waals surface area contributed by atoms with Gasteiger partial charge in [0.25, 0.3) is 0 Å². The second kappa shape index (κ2) is 8.53. The monoisotopic (exact) mass is 264 g/mol. The first kappa shape index (κ1) is 15.5. The minimum Gasteiger partial charge on any atom is -0.494 e. The number of benzene rings is 1. The second-order valence-corrected chi connectivity index (χ2v) is 4.54. The lowest BCUT2D eigenvalue weighted by Crippen LogP contribution is -2.42. The molecule has 0 aliphatic carbocycles. The molecule has 1 aromatic rings. The van der Waals surface area contributed by atoms with Gasteiger partial charge in [0.2, 0.25) is 5.91 Å². The smallest absolute Gasteiger partial charge is 0.234 e. The molecule has 3 N–H and O–H groups in total. The van der Waals surface area contributed by atoms with Gasteiger partial charge in [-0.15, -0.1) is 0 Å². The molecule has 4 heteroatoms. The highest BCUT2D eigenvalue weighted by molar-refractivity contribution is 5.79. The van der Waals surface area contributed by atoms with Crippen molar-refractivity contribution in [2.75, 3.05) is 13.2 Å². The number of amides is 1. The van der Waals surface area contributed by atoms with Crippen LogP contribution in [0.1, 0.15) is 32.3 Å². The minimum absolute atomic E-state index is 0.310. The van der Waals surface area contributed by atoms with E-state index in [1.807, 2.05) is 12.1 Å². The summed E-state index contributed by atoms with van der Waals surface area (Å²) in [6, 6.07) is 7.71. The first-order valence-corrected chi connectivity index (χ1v) is 6.91. The molecule has 0 bridgehead atoms. The molecule has 1 amide bonds. The summed E-state index contributed by atoms with van der Waals surface area (Å²) < 4.78 is 5.62. The molecule has 19 heavy (non-hydrogen) atoms. The Morgan fingerprint density at radius 1 is 1.32 bits per heavy atom. The van der Waals surface area contributed by atoms with Crippen molar-refractivity contribution < 1.29 is 9.53 Å². The van der Waals surface area contributed by atoms with Gasteiger partial charge in [0.1, 0.15) is 5.75 Å². The highest BCUT2D eigenvalue weighted by Gasteiger charge is 2.13. The molecule has 1 unspecified atom stereocenters. The molecule has 106 valence electrons. The van der Waals surface area contributed by atoms with E-state index in [9.17, 15) is 4.79 Å². The first-order chi connectivity index (χ1) is 9.17. The molecule has 0 saturated heterocycles. The number of hydrogen-bond acceptors (Lipinski definition) is 3. The number of carbonyl (C=O) groups excluding carboxylic acids is 1. The molecular weight excluding hydrogens is 240 g/mol. The fraction of sp³-hybridized carbons (Fsp3) is 0.533. The van der Waals surface area contributed by atoms with Crippen LogP contribution in [0.3, 0.4) is 0 Å². The summed E-state index contributed by atoms with van der Waals surface area (Å²) in [6.45, 7) is 5.44. The highest BCUT2D eigenvalue weighted by atomic mass is 16.5. The van der Waals surface area contributed by atoms with Gasteiger partial charge in [0, 0.05) is 6.42 Å². The molecule has 4 nitrogen and oxygen atoms in total. The van der Waals surface area contributed by atoms with Crippen LogP contribution in [0.25, 0.3) is 0 Å². The lowest BCUT2D eigenvalue weighted by molar-refractivity contribution is -0.120. The summed E-state index contributed by atoms with van der Waals surface area (Å²) >= 11 is 0. The average molecular weight is 264 g/mol. The molecule has 1 rings (SSSR count). The Morgan fingerprint density at radius 3 is 2.53 bits per heavy atom. The number of nitrogens with two attached hydrogens (primary N) is 1. The molecule has 1 aromatic carbocycles. The molecule has 0 aliphatic heterocycles. The zero-order valence-electron chi connectivity index (χ0n) is 11.8. The van der Waals surface area contributed by atoms with Crippen LogP contribution in [0.15, 0.2) is 24.3 Å². The van der Waals surface area contributed by atoms with Gasteiger partial charge in [0.05, 0.1) is 12.6 Å². The van der Waals surface area contributed by atoms with Gasteiger partial charge in [-0.25, -0.2) is 0 Å². The number of aryl methyl sites for hydroxylation is 1. The minimum atomic E-state index is -0.321. The van der Waals surface area contributed by atoms with Crippen LogP contribution in [-0.4, -0.2) is 25.1 Å². The van der Waals surface area contributed by atoms with E-state index in [0.717, 1.165) is 25.1 Å². The summed E-state index contributed by atoms with van der Waals surface area (Å²) in [5.74, 6) is 0.509. The van der Waals surface area contributed by atoms with Crippen LogP contribution in [-0.2, 0) is 11.2 Å². The topological polar surface area (TPSA) is 64.3 Å². The van der Waals surface area contributed by atoms with Gasteiger partial charge < -0.3 is 15.8 Å². The summed E-state index contributed by atoms with van der Waals surface area (Å²) in [4.78, 5) is 11.2. The third-order valence-corrected chi connectivity index (χ3v) is 2.99. The normalized spacial score (nSPS) is 12.1. The van der Waals surface area contributed by atoms with Gasteiger partial charge in [-0.3, -0.25) is 4.79 Å². The van der Waals surface area contributed by atoms with Crippen molar-refractivity contribution in [3.05, 3.63) is 29.8 Å². The number of hydrogen-bond donors (Lipinski definition) is 2. The van der Waals surface area contributed by atoms with E-state index in [0.29, 0.717) is 13.0 Å². The van der Waals surface area contributed by atoms with Gasteiger partial charge in [-0.2, -0.15) is 0 Å². The number of nitrogens with one attached hydrogen (secondary N) is 1. The maximum atomic E-state index is 11.2. The molecule has 0 fully saturated rings. The van der Waals surface area contributed by atoms with Crippen LogP contribution < -0.4 is 15.8 Å². The zero-order valence-corrected chi connectivity index (χ0v) is 11.8. The fourth-order valence-electron chi connectivity index (χ4n) is 1.78. The predicted molar refractivity (Wildman–Crippen MR) is 77.2 cm³/mol. The van der Waals surface area contributed by atoms with Crippen molar-refractivity contribution >= 4 is 5.91 Å². The molecule has 0 aromatic heterocycles. The van der Waals surface area contributed by atoms with E-state index in [1.165, 1.54) is 5.56 Å². The van der Waals surface area contributed by atoms with Gasteiger partial charge >= 0.3 is 0 Å². The largest absolute Gasteiger partial charge is 0.494 e.